The molecular formula is C7H5BFO. The summed E-state index contributed by atoms with van der Waals surface area (Å²) in [4.78, 5) is 10.1. The largest absolute Gasteiger partial charge is 0.391 e. The van der Waals surface area contributed by atoms with Crippen LogP contribution in [0.25, 0.3) is 0 Å². The maximum Gasteiger partial charge on any atom is 0.391 e. The number of rotatable bonds is 2. The predicted molar refractivity (Wildman–Crippen MR) is 38.3 cm³/mol. The van der Waals surface area contributed by atoms with E-state index in [0.717, 1.165) is 6.29 Å². The van der Waals surface area contributed by atoms with E-state index >= 15 is 0 Å². The third-order valence-corrected chi connectivity index (χ3v) is 1.20. The molecule has 1 rings (SSSR count). The van der Waals surface area contributed by atoms with Gasteiger partial charge in [-0.25, -0.2) is 0 Å². The van der Waals surface area contributed by atoms with E-state index in [9.17, 15) is 9.11 Å². The van der Waals surface area contributed by atoms with Crippen LogP contribution in [0.15, 0.2) is 24.3 Å². The van der Waals surface area contributed by atoms with Crippen molar-refractivity contribution in [1.82, 2.24) is 0 Å². The molecule has 3 heteroatoms. The van der Waals surface area contributed by atoms with Crippen molar-refractivity contribution in [1.29, 1.82) is 0 Å². The first-order chi connectivity index (χ1) is 4.86. The average Bonchev–Trinajstić information content (AvgIpc) is 2.05. The summed E-state index contributed by atoms with van der Waals surface area (Å²) >= 11 is 0. The van der Waals surface area contributed by atoms with Gasteiger partial charge in [-0.05, 0) is 5.46 Å². The van der Waals surface area contributed by atoms with Gasteiger partial charge in [-0.15, -0.1) is 0 Å². The number of carbonyl (C=O) groups excluding carboxylic acids is 1. The van der Waals surface area contributed by atoms with Crippen LogP contribution in [0.1, 0.15) is 10.4 Å². The molecule has 1 nitrogen and oxygen atoms in total. The number of halogens is 1. The van der Waals surface area contributed by atoms with E-state index in [2.05, 4.69) is 0 Å². The van der Waals surface area contributed by atoms with Crippen LogP contribution in [0.3, 0.4) is 0 Å². The fourth-order valence-electron chi connectivity index (χ4n) is 0.647. The lowest BCUT2D eigenvalue weighted by molar-refractivity contribution is 0.112. The van der Waals surface area contributed by atoms with Gasteiger partial charge in [0.2, 0.25) is 0 Å². The fourth-order valence-corrected chi connectivity index (χ4v) is 0.647. The molecule has 49 valence electrons. The molecule has 1 aromatic rings. The predicted octanol–water partition coefficient (Wildman–Crippen LogP) is 0.713. The molecule has 0 heterocycles. The van der Waals surface area contributed by atoms with Gasteiger partial charge in [-0.2, -0.15) is 0 Å². The molecule has 0 amide bonds. The molecule has 0 bridgehead atoms. The summed E-state index contributed by atoms with van der Waals surface area (Å²) in [6, 6.07) is 6.23. The summed E-state index contributed by atoms with van der Waals surface area (Å²) in [6.45, 7) is 0. The third-order valence-electron chi connectivity index (χ3n) is 1.20. The SMILES string of the molecule is O=Cc1ccc([B]F)cc1. The molecule has 0 fully saturated rings. The van der Waals surface area contributed by atoms with Gasteiger partial charge in [0.15, 0.2) is 0 Å². The Morgan fingerprint density at radius 3 is 2.30 bits per heavy atom. The highest BCUT2D eigenvalue weighted by atomic mass is 19.1. The first-order valence-corrected chi connectivity index (χ1v) is 2.85. The van der Waals surface area contributed by atoms with E-state index in [-0.39, 0.29) is 0 Å². The van der Waals surface area contributed by atoms with Crippen LogP contribution in [-0.4, -0.2) is 13.8 Å². The van der Waals surface area contributed by atoms with E-state index in [1.54, 1.807) is 24.3 Å². The third kappa shape index (κ3) is 1.44. The van der Waals surface area contributed by atoms with E-state index in [0.29, 0.717) is 18.6 Å². The molecule has 10 heavy (non-hydrogen) atoms. The molecule has 0 N–H and O–H groups in total. The summed E-state index contributed by atoms with van der Waals surface area (Å²) in [5, 5.41) is 0. The van der Waals surface area contributed by atoms with Gasteiger partial charge in [0, 0.05) is 5.56 Å². The lowest BCUT2D eigenvalue weighted by Gasteiger charge is -1.90. The molecule has 0 saturated heterocycles. The van der Waals surface area contributed by atoms with Crippen LogP contribution < -0.4 is 5.46 Å². The van der Waals surface area contributed by atoms with Gasteiger partial charge in [0.1, 0.15) is 6.29 Å². The van der Waals surface area contributed by atoms with Gasteiger partial charge < -0.3 is 4.32 Å². The molecule has 1 radical (unpaired) electrons. The minimum atomic E-state index is 0.477. The molecule has 0 aromatic heterocycles. The lowest BCUT2D eigenvalue weighted by Crippen LogP contribution is -2.08. The van der Waals surface area contributed by atoms with Crippen molar-refractivity contribution in [2.75, 3.05) is 0 Å². The zero-order valence-electron chi connectivity index (χ0n) is 5.25. The smallest absolute Gasteiger partial charge is 0.335 e. The quantitative estimate of drug-likeness (QED) is 0.431. The molecule has 0 saturated carbocycles. The van der Waals surface area contributed by atoms with Crippen molar-refractivity contribution in [3.05, 3.63) is 29.8 Å². The summed E-state index contributed by atoms with van der Waals surface area (Å²) in [5.41, 5.74) is 1.04. The normalized spacial score (nSPS) is 8.90. The first-order valence-electron chi connectivity index (χ1n) is 2.85. The minimum absolute atomic E-state index is 0.477. The molecule has 0 aliphatic heterocycles. The number of aldehydes is 1. The lowest BCUT2D eigenvalue weighted by atomic mass is 9.91. The number of hydrogen-bond donors (Lipinski definition) is 0. The summed E-state index contributed by atoms with van der Waals surface area (Å²) in [6.07, 6.45) is 0.724. The Kier molecular flexibility index (Phi) is 2.21. The first kappa shape index (κ1) is 7.00. The number of carbonyl (C=O) groups is 1. The van der Waals surface area contributed by atoms with E-state index in [1.165, 1.54) is 0 Å². The monoisotopic (exact) mass is 135 g/mol. The maximum absolute atomic E-state index is 11.7. The highest BCUT2D eigenvalue weighted by Crippen LogP contribution is 1.90. The summed E-state index contributed by atoms with van der Waals surface area (Å²) in [7, 11) is 0.495. The fraction of sp³-hybridized carbons (Fsp3) is 0. The van der Waals surface area contributed by atoms with Crippen molar-refractivity contribution >= 4 is 19.3 Å². The molecular weight excluding hydrogens is 130 g/mol. The second kappa shape index (κ2) is 3.15. The molecule has 0 aliphatic rings. The molecule has 0 aliphatic carbocycles. The zero-order chi connectivity index (χ0) is 7.40. The van der Waals surface area contributed by atoms with Crippen molar-refractivity contribution in [2.24, 2.45) is 0 Å². The van der Waals surface area contributed by atoms with Gasteiger partial charge >= 0.3 is 7.56 Å². The summed E-state index contributed by atoms with van der Waals surface area (Å²) in [5.74, 6) is 0. The molecule has 0 unspecified atom stereocenters. The Morgan fingerprint density at radius 2 is 1.90 bits per heavy atom. The van der Waals surface area contributed by atoms with Gasteiger partial charge in [0.05, 0.1) is 0 Å². The van der Waals surface area contributed by atoms with Crippen molar-refractivity contribution in [3.8, 4) is 0 Å². The van der Waals surface area contributed by atoms with E-state index < -0.39 is 0 Å². The van der Waals surface area contributed by atoms with Crippen LogP contribution in [0.2, 0.25) is 0 Å². The van der Waals surface area contributed by atoms with Gasteiger partial charge in [-0.1, -0.05) is 24.3 Å². The Bertz CT molecular complexity index is 220. The highest BCUT2D eigenvalue weighted by molar-refractivity contribution is 6.46. The maximum atomic E-state index is 11.7. The average molecular weight is 135 g/mol. The number of hydrogen-bond acceptors (Lipinski definition) is 1. The van der Waals surface area contributed by atoms with E-state index in [1.807, 2.05) is 0 Å². The minimum Gasteiger partial charge on any atom is -0.335 e. The number of benzene rings is 1. The molecule has 1 aromatic carbocycles. The summed E-state index contributed by atoms with van der Waals surface area (Å²) < 4.78 is 11.7. The van der Waals surface area contributed by atoms with E-state index in [4.69, 9.17) is 0 Å². The van der Waals surface area contributed by atoms with Gasteiger partial charge in [-0.3, -0.25) is 4.79 Å². The van der Waals surface area contributed by atoms with Crippen molar-refractivity contribution in [3.63, 3.8) is 0 Å². The second-order valence-corrected chi connectivity index (χ2v) is 1.89. The molecule has 0 atom stereocenters. The standard InChI is InChI=1S/C7H5BFO/c9-8-7-3-1-6(5-10)2-4-7/h1-5H. The molecule has 0 spiro atoms. The Balaban J connectivity index is 2.90. The topological polar surface area (TPSA) is 17.1 Å². The van der Waals surface area contributed by atoms with Crippen LogP contribution in [0.4, 0.5) is 4.32 Å². The Hall–Kier alpha value is -1.12. The Labute approximate surface area is 59.2 Å². The van der Waals surface area contributed by atoms with Crippen LogP contribution >= 0.6 is 0 Å². The zero-order valence-corrected chi connectivity index (χ0v) is 5.25. The second-order valence-electron chi connectivity index (χ2n) is 1.89. The van der Waals surface area contributed by atoms with Crippen LogP contribution in [-0.2, 0) is 0 Å². The van der Waals surface area contributed by atoms with Crippen LogP contribution in [0, 0.1) is 0 Å². The van der Waals surface area contributed by atoms with Crippen molar-refractivity contribution < 1.29 is 9.11 Å². The Morgan fingerprint density at radius 1 is 1.30 bits per heavy atom. The highest BCUT2D eigenvalue weighted by Gasteiger charge is 1.93. The van der Waals surface area contributed by atoms with Crippen LogP contribution in [0.5, 0.6) is 0 Å². The van der Waals surface area contributed by atoms with Gasteiger partial charge in [0.25, 0.3) is 0 Å². The van der Waals surface area contributed by atoms with Crippen molar-refractivity contribution in [2.45, 2.75) is 0 Å².